The first-order valence-electron chi connectivity index (χ1n) is 9.80. The number of carbonyl (C=O) groups is 1. The van der Waals surface area contributed by atoms with Crippen LogP contribution in [0.5, 0.6) is 0 Å². The molecule has 0 heterocycles. The van der Waals surface area contributed by atoms with Gasteiger partial charge in [0.2, 0.25) is 0 Å². The Labute approximate surface area is 177 Å². The molecule has 0 aliphatic rings. The van der Waals surface area contributed by atoms with E-state index in [1.54, 1.807) is 11.8 Å². The zero-order valence-corrected chi connectivity index (χ0v) is 19.8. The normalized spacial score (nSPS) is 17.4. The van der Waals surface area contributed by atoms with Crippen LogP contribution in [0.4, 0.5) is 0 Å². The summed E-state index contributed by atoms with van der Waals surface area (Å²) in [5, 5.41) is 0.236. The summed E-state index contributed by atoms with van der Waals surface area (Å²) in [6.07, 6.45) is 0.857. The van der Waals surface area contributed by atoms with E-state index in [4.69, 9.17) is 10.5 Å². The van der Waals surface area contributed by atoms with Crippen LogP contribution in [0.1, 0.15) is 59.9 Å². The maximum Gasteiger partial charge on any atom is 0.309 e. The van der Waals surface area contributed by atoms with Gasteiger partial charge in [-0.25, -0.2) is 8.93 Å². The lowest BCUT2D eigenvalue weighted by Gasteiger charge is -2.39. The van der Waals surface area contributed by atoms with Gasteiger partial charge in [0.1, 0.15) is 16.6 Å². The predicted octanol–water partition coefficient (Wildman–Crippen LogP) is 4.16. The number of nitrogens with one attached hydrogen (secondary N) is 1. The number of esters is 1. The van der Waals surface area contributed by atoms with E-state index < -0.39 is 28.2 Å². The molecule has 0 aromatic heterocycles. The van der Waals surface area contributed by atoms with E-state index >= 15 is 0 Å². The van der Waals surface area contributed by atoms with E-state index in [2.05, 4.69) is 18.6 Å². The molecule has 0 spiro atoms. The predicted molar refractivity (Wildman–Crippen MR) is 119 cm³/mol. The summed E-state index contributed by atoms with van der Waals surface area (Å²) in [7, 11) is -1.54. The van der Waals surface area contributed by atoms with Crippen molar-refractivity contribution < 1.29 is 13.7 Å². The second-order valence-corrected chi connectivity index (χ2v) is 10.9. The van der Waals surface area contributed by atoms with Crippen molar-refractivity contribution >= 4 is 28.7 Å². The molecule has 0 fully saturated rings. The number of nitrogens with two attached hydrogens (primary N) is 1. The van der Waals surface area contributed by atoms with Gasteiger partial charge in [0.05, 0.1) is 17.0 Å². The summed E-state index contributed by atoms with van der Waals surface area (Å²) in [4.78, 5) is 13.2. The molecule has 0 aliphatic heterocycles. The summed E-state index contributed by atoms with van der Waals surface area (Å²) < 4.78 is 21.5. The molecule has 0 unspecified atom stereocenters. The van der Waals surface area contributed by atoms with E-state index in [-0.39, 0.29) is 17.6 Å². The van der Waals surface area contributed by atoms with Crippen molar-refractivity contribution in [1.82, 2.24) is 4.72 Å². The molecule has 0 aliphatic carbocycles. The number of ether oxygens (including phenoxy) is 1. The fraction of sp³-hybridized carbons (Fsp3) is 0.667. The van der Waals surface area contributed by atoms with Crippen LogP contribution in [0.15, 0.2) is 29.2 Å². The fourth-order valence-corrected chi connectivity index (χ4v) is 5.26. The number of rotatable bonds is 10. The number of thioether (sulfide) groups is 1. The number of carbonyl (C=O) groups excluding carboxylic acids is 1. The van der Waals surface area contributed by atoms with Crippen molar-refractivity contribution in [3.05, 3.63) is 29.8 Å². The molecule has 0 radical (unpaired) electrons. The topological polar surface area (TPSA) is 81.4 Å². The van der Waals surface area contributed by atoms with Crippen LogP contribution in [-0.2, 0) is 20.5 Å². The minimum atomic E-state index is -1.54. The lowest BCUT2D eigenvalue weighted by Crippen LogP contribution is -2.62. The molecule has 0 saturated carbocycles. The van der Waals surface area contributed by atoms with Crippen LogP contribution < -0.4 is 10.5 Å². The van der Waals surface area contributed by atoms with Crippen molar-refractivity contribution in [1.29, 1.82) is 0 Å². The average molecular weight is 429 g/mol. The second-order valence-electron chi connectivity index (χ2n) is 8.18. The fourth-order valence-electron chi connectivity index (χ4n) is 2.96. The van der Waals surface area contributed by atoms with E-state index in [1.807, 2.05) is 58.9 Å². The molecule has 0 bridgehead atoms. The minimum Gasteiger partial charge on any atom is -0.460 e. The highest BCUT2D eigenvalue weighted by atomic mass is 32.2. The Hall–Kier alpha value is -0.890. The third-order valence-electron chi connectivity index (χ3n) is 4.53. The van der Waals surface area contributed by atoms with Gasteiger partial charge in [-0.15, -0.1) is 0 Å². The monoisotopic (exact) mass is 428 g/mol. The van der Waals surface area contributed by atoms with Crippen molar-refractivity contribution in [3.8, 4) is 0 Å². The largest absolute Gasteiger partial charge is 0.460 e. The third-order valence-corrected chi connectivity index (χ3v) is 7.30. The van der Waals surface area contributed by atoms with Crippen LogP contribution >= 0.6 is 11.8 Å². The molecule has 28 heavy (non-hydrogen) atoms. The SMILES string of the molecule is CCS[C@@H](CC)[C@@H](C)[C@@](N)(CC(=O)OC(C)(C)C)N[S@@](=O)c1ccc(C)cc1. The first-order chi connectivity index (χ1) is 12.9. The Morgan fingerprint density at radius 3 is 2.29 bits per heavy atom. The Balaban J connectivity index is 3.12. The summed E-state index contributed by atoms with van der Waals surface area (Å²) >= 11 is 1.81. The van der Waals surface area contributed by atoms with Crippen LogP contribution in [0, 0.1) is 12.8 Å². The highest BCUT2D eigenvalue weighted by molar-refractivity contribution is 7.99. The lowest BCUT2D eigenvalue weighted by atomic mass is 9.88. The van der Waals surface area contributed by atoms with Gasteiger partial charge in [0.15, 0.2) is 0 Å². The molecular formula is C21H36N2O3S2. The maximum atomic E-state index is 13.0. The van der Waals surface area contributed by atoms with Crippen molar-refractivity contribution in [2.75, 3.05) is 5.75 Å². The molecule has 7 heteroatoms. The number of aryl methyl sites for hydroxylation is 1. The number of hydrogen-bond donors (Lipinski definition) is 2. The molecule has 3 N–H and O–H groups in total. The van der Waals surface area contributed by atoms with Gasteiger partial charge in [0.25, 0.3) is 0 Å². The molecule has 0 amide bonds. The average Bonchev–Trinajstić information content (AvgIpc) is 2.57. The zero-order valence-electron chi connectivity index (χ0n) is 18.2. The van der Waals surface area contributed by atoms with Gasteiger partial charge in [-0.3, -0.25) is 4.79 Å². The Morgan fingerprint density at radius 1 is 1.25 bits per heavy atom. The van der Waals surface area contributed by atoms with Gasteiger partial charge in [0, 0.05) is 11.2 Å². The van der Waals surface area contributed by atoms with Crippen LogP contribution in [0.2, 0.25) is 0 Å². The van der Waals surface area contributed by atoms with E-state index in [9.17, 15) is 9.00 Å². The van der Waals surface area contributed by atoms with E-state index in [0.717, 1.165) is 17.7 Å². The molecule has 4 atom stereocenters. The zero-order chi connectivity index (χ0) is 21.5. The highest BCUT2D eigenvalue weighted by Gasteiger charge is 2.41. The number of hydrogen-bond acceptors (Lipinski definition) is 5. The van der Waals surface area contributed by atoms with Gasteiger partial charge in [-0.2, -0.15) is 11.8 Å². The minimum absolute atomic E-state index is 0.0518. The molecule has 1 rings (SSSR count). The molecule has 5 nitrogen and oxygen atoms in total. The molecule has 160 valence electrons. The van der Waals surface area contributed by atoms with Crippen molar-refractivity contribution in [2.24, 2.45) is 11.7 Å². The lowest BCUT2D eigenvalue weighted by molar-refractivity contribution is -0.156. The summed E-state index contributed by atoms with van der Waals surface area (Å²) in [6.45, 7) is 13.7. The second kappa shape index (κ2) is 10.8. The summed E-state index contributed by atoms with van der Waals surface area (Å²) in [5.74, 6) is 0.461. The first-order valence-corrected chi connectivity index (χ1v) is 12.0. The summed E-state index contributed by atoms with van der Waals surface area (Å²) in [6, 6.07) is 7.45. The van der Waals surface area contributed by atoms with Gasteiger partial charge >= 0.3 is 5.97 Å². The smallest absolute Gasteiger partial charge is 0.309 e. The summed E-state index contributed by atoms with van der Waals surface area (Å²) in [5.41, 5.74) is 6.06. The Bertz CT molecular complexity index is 659. The van der Waals surface area contributed by atoms with Crippen LogP contribution in [-0.4, -0.2) is 32.4 Å². The van der Waals surface area contributed by atoms with Crippen molar-refractivity contribution in [3.63, 3.8) is 0 Å². The molecule has 1 aromatic rings. The van der Waals surface area contributed by atoms with E-state index in [1.165, 1.54) is 0 Å². The molecule has 1 aromatic carbocycles. The van der Waals surface area contributed by atoms with Gasteiger partial charge in [-0.05, 0) is 52.0 Å². The third kappa shape index (κ3) is 7.85. The van der Waals surface area contributed by atoms with Crippen molar-refractivity contribution in [2.45, 2.75) is 82.7 Å². The van der Waals surface area contributed by atoms with E-state index in [0.29, 0.717) is 4.90 Å². The first kappa shape index (κ1) is 25.1. The number of benzene rings is 1. The van der Waals surface area contributed by atoms with Gasteiger partial charge in [-0.1, -0.05) is 38.5 Å². The van der Waals surface area contributed by atoms with Crippen LogP contribution in [0.3, 0.4) is 0 Å². The Kier molecular flexibility index (Phi) is 9.67. The quantitative estimate of drug-likeness (QED) is 0.432. The van der Waals surface area contributed by atoms with Gasteiger partial charge < -0.3 is 10.5 Å². The standard InChI is InChI=1S/C21H36N2O3S2/c1-8-18(27-9-2)16(4)21(22,14-19(24)26-20(5,6)7)23-28(25)17-12-10-15(3)11-13-17/h10-13,16,18,23H,8-9,14,22H2,1-7H3/t16-,18+,21-,28+/m1/s1. The van der Waals surface area contributed by atoms with Crippen LogP contribution in [0.25, 0.3) is 0 Å². The molecule has 0 saturated heterocycles. The Morgan fingerprint density at radius 2 is 1.82 bits per heavy atom. The highest BCUT2D eigenvalue weighted by Crippen LogP contribution is 2.31. The molecular weight excluding hydrogens is 392 g/mol. The maximum absolute atomic E-state index is 13.0.